The number of hydrogen-bond donors (Lipinski definition) is 1. The van der Waals surface area contributed by atoms with E-state index < -0.39 is 5.67 Å². The van der Waals surface area contributed by atoms with Crippen LogP contribution in [0.1, 0.15) is 68.0 Å². The summed E-state index contributed by atoms with van der Waals surface area (Å²) in [5, 5.41) is 0.755. The number of aryl methyl sites for hydroxylation is 3. The Kier molecular flexibility index (Phi) is 10.5. The van der Waals surface area contributed by atoms with Gasteiger partial charge in [0.1, 0.15) is 5.67 Å². The second-order valence-corrected chi connectivity index (χ2v) is 9.56. The summed E-state index contributed by atoms with van der Waals surface area (Å²) in [5.74, 6) is 0. The molecule has 0 saturated carbocycles. The van der Waals surface area contributed by atoms with Crippen LogP contribution >= 0.6 is 11.6 Å². The van der Waals surface area contributed by atoms with Crippen LogP contribution in [0.15, 0.2) is 78.9 Å². The van der Waals surface area contributed by atoms with Gasteiger partial charge in [-0.15, -0.1) is 0 Å². The minimum atomic E-state index is -1.46. The van der Waals surface area contributed by atoms with Crippen molar-refractivity contribution < 1.29 is 4.39 Å². The lowest BCUT2D eigenvalue weighted by Crippen LogP contribution is -2.16. The first-order valence-electron chi connectivity index (χ1n) is 12.3. The first kappa shape index (κ1) is 28.6. The predicted octanol–water partition coefficient (Wildman–Crippen LogP) is 9.15. The molecule has 0 saturated heterocycles. The van der Waals surface area contributed by atoms with E-state index in [2.05, 4.69) is 43.8 Å². The molecule has 2 N–H and O–H groups in total. The third-order valence-electron chi connectivity index (χ3n) is 6.28. The third-order valence-corrected chi connectivity index (χ3v) is 6.53. The van der Waals surface area contributed by atoms with Gasteiger partial charge in [0, 0.05) is 11.6 Å². The molecule has 0 bridgehead atoms. The molecule has 0 aliphatic carbocycles. The van der Waals surface area contributed by atoms with Crippen LogP contribution < -0.4 is 5.73 Å². The zero-order chi connectivity index (χ0) is 26.2. The van der Waals surface area contributed by atoms with Crippen molar-refractivity contribution in [2.45, 2.75) is 66.6 Å². The van der Waals surface area contributed by atoms with Gasteiger partial charge in [-0.25, -0.2) is 4.39 Å². The summed E-state index contributed by atoms with van der Waals surface area (Å²) in [5.41, 5.74) is 13.3. The van der Waals surface area contributed by atoms with Crippen LogP contribution in [0, 0.1) is 6.92 Å². The SMILES string of the molecule is C=C(/C(=C(\C)C(C)(C)F)c1ccc(CN)cc1)c1ccc(CCc2ccc(Cl)cc2)cc1C.CC. The molecule has 0 aliphatic heterocycles. The molecule has 186 valence electrons. The van der Waals surface area contributed by atoms with Crippen LogP contribution in [0.5, 0.6) is 0 Å². The van der Waals surface area contributed by atoms with E-state index >= 15 is 4.39 Å². The molecule has 0 aliphatic rings. The smallest absolute Gasteiger partial charge is 0.127 e. The number of alkyl halides is 1. The van der Waals surface area contributed by atoms with Crippen LogP contribution in [0.3, 0.4) is 0 Å². The summed E-state index contributed by atoms with van der Waals surface area (Å²) in [6.45, 7) is 16.0. The molecular formula is C32H39ClFN. The van der Waals surface area contributed by atoms with E-state index in [1.54, 1.807) is 13.8 Å². The van der Waals surface area contributed by atoms with Crippen LogP contribution in [0.2, 0.25) is 5.02 Å². The van der Waals surface area contributed by atoms with Gasteiger partial charge in [-0.2, -0.15) is 0 Å². The van der Waals surface area contributed by atoms with E-state index in [0.29, 0.717) is 12.1 Å². The number of allylic oxidation sites excluding steroid dienone is 3. The van der Waals surface area contributed by atoms with Gasteiger partial charge in [-0.05, 0) is 103 Å². The normalized spacial score (nSPS) is 11.9. The van der Waals surface area contributed by atoms with E-state index in [-0.39, 0.29) is 0 Å². The monoisotopic (exact) mass is 491 g/mol. The van der Waals surface area contributed by atoms with E-state index in [4.69, 9.17) is 17.3 Å². The highest BCUT2D eigenvalue weighted by Gasteiger charge is 2.25. The Hall–Kier alpha value is -2.68. The fourth-order valence-corrected chi connectivity index (χ4v) is 4.14. The van der Waals surface area contributed by atoms with E-state index in [0.717, 1.165) is 51.3 Å². The standard InChI is InChI=1S/C30H33ClFN.C2H6/c1-20-18-24(7-6-23-10-15-27(31)16-11-23)12-17-28(20)21(2)29(22(3)30(4,5)32)26-13-8-25(19-33)9-14-26;1-2/h8-18H,2,6-7,19,33H2,1,3-5H3;1-2H3/b29-22-;. The Morgan fingerprint density at radius 2 is 1.40 bits per heavy atom. The second-order valence-electron chi connectivity index (χ2n) is 9.13. The largest absolute Gasteiger partial charge is 0.326 e. The van der Waals surface area contributed by atoms with Crippen molar-refractivity contribution in [2.24, 2.45) is 5.73 Å². The number of rotatable bonds is 8. The minimum Gasteiger partial charge on any atom is -0.326 e. The van der Waals surface area contributed by atoms with Crippen molar-refractivity contribution in [3.63, 3.8) is 0 Å². The predicted molar refractivity (Wildman–Crippen MR) is 153 cm³/mol. The zero-order valence-electron chi connectivity index (χ0n) is 22.0. The van der Waals surface area contributed by atoms with Crippen molar-refractivity contribution in [2.75, 3.05) is 0 Å². The van der Waals surface area contributed by atoms with E-state index in [1.165, 1.54) is 11.1 Å². The molecule has 0 amide bonds. The fourth-order valence-electron chi connectivity index (χ4n) is 4.02. The molecule has 3 heteroatoms. The summed E-state index contributed by atoms with van der Waals surface area (Å²) in [4.78, 5) is 0. The zero-order valence-corrected chi connectivity index (χ0v) is 22.8. The molecule has 0 radical (unpaired) electrons. The summed E-state index contributed by atoms with van der Waals surface area (Å²) in [6, 6.07) is 22.5. The van der Waals surface area contributed by atoms with Gasteiger partial charge in [-0.3, -0.25) is 0 Å². The summed E-state index contributed by atoms with van der Waals surface area (Å²) in [6.07, 6.45) is 1.89. The van der Waals surface area contributed by atoms with Gasteiger partial charge >= 0.3 is 0 Å². The maximum absolute atomic E-state index is 15.1. The van der Waals surface area contributed by atoms with Crippen molar-refractivity contribution in [3.05, 3.63) is 117 Å². The van der Waals surface area contributed by atoms with Crippen LogP contribution in [-0.2, 0) is 19.4 Å². The van der Waals surface area contributed by atoms with Gasteiger partial charge in [0.25, 0.3) is 0 Å². The number of benzene rings is 3. The average Bonchev–Trinajstić information content (AvgIpc) is 2.85. The fraction of sp³-hybridized carbons (Fsp3) is 0.312. The first-order chi connectivity index (χ1) is 16.6. The topological polar surface area (TPSA) is 26.0 Å². The molecule has 0 aromatic heterocycles. The van der Waals surface area contributed by atoms with Crippen molar-refractivity contribution in [3.8, 4) is 0 Å². The molecule has 0 fully saturated rings. The molecule has 3 aromatic carbocycles. The lowest BCUT2D eigenvalue weighted by atomic mass is 9.83. The molecule has 1 nitrogen and oxygen atoms in total. The summed E-state index contributed by atoms with van der Waals surface area (Å²) in [7, 11) is 0. The van der Waals surface area contributed by atoms with Gasteiger partial charge in [0.2, 0.25) is 0 Å². The minimum absolute atomic E-state index is 0.477. The lowest BCUT2D eigenvalue weighted by molar-refractivity contribution is 0.269. The highest BCUT2D eigenvalue weighted by Crippen LogP contribution is 2.38. The van der Waals surface area contributed by atoms with Crippen molar-refractivity contribution >= 4 is 22.7 Å². The highest BCUT2D eigenvalue weighted by atomic mass is 35.5. The summed E-state index contributed by atoms with van der Waals surface area (Å²) >= 11 is 5.99. The Morgan fingerprint density at radius 1 is 0.886 bits per heavy atom. The lowest BCUT2D eigenvalue weighted by Gasteiger charge is -2.24. The molecule has 35 heavy (non-hydrogen) atoms. The molecule has 0 heterocycles. The third kappa shape index (κ3) is 7.65. The highest BCUT2D eigenvalue weighted by molar-refractivity contribution is 6.30. The molecule has 0 spiro atoms. The van der Waals surface area contributed by atoms with Crippen LogP contribution in [0.25, 0.3) is 11.1 Å². The Balaban J connectivity index is 0.00000210. The molecule has 0 atom stereocenters. The Labute approximate surface area is 216 Å². The first-order valence-corrected chi connectivity index (χ1v) is 12.7. The quantitative estimate of drug-likeness (QED) is 0.312. The van der Waals surface area contributed by atoms with Crippen molar-refractivity contribution in [1.29, 1.82) is 0 Å². The van der Waals surface area contributed by atoms with Crippen LogP contribution in [0.4, 0.5) is 4.39 Å². The van der Waals surface area contributed by atoms with Crippen molar-refractivity contribution in [1.82, 2.24) is 0 Å². The number of hydrogen-bond acceptors (Lipinski definition) is 1. The van der Waals surface area contributed by atoms with Gasteiger partial charge in [-0.1, -0.05) is 86.6 Å². The molecule has 3 aromatic rings. The van der Waals surface area contributed by atoms with E-state index in [9.17, 15) is 0 Å². The van der Waals surface area contributed by atoms with Gasteiger partial charge in [0.15, 0.2) is 0 Å². The maximum Gasteiger partial charge on any atom is 0.127 e. The summed E-state index contributed by atoms with van der Waals surface area (Å²) < 4.78 is 15.1. The molecular weight excluding hydrogens is 453 g/mol. The molecule has 3 rings (SSSR count). The average molecular weight is 492 g/mol. The van der Waals surface area contributed by atoms with E-state index in [1.807, 2.05) is 57.2 Å². The van der Waals surface area contributed by atoms with Gasteiger partial charge in [0.05, 0.1) is 0 Å². The van der Waals surface area contributed by atoms with Gasteiger partial charge < -0.3 is 5.73 Å². The Morgan fingerprint density at radius 3 is 1.91 bits per heavy atom. The second kappa shape index (κ2) is 12.9. The number of nitrogens with two attached hydrogens (primary N) is 1. The molecule has 0 unspecified atom stereocenters. The Bertz CT molecular complexity index is 1150. The van der Waals surface area contributed by atoms with Crippen LogP contribution in [-0.4, -0.2) is 5.67 Å². The number of halogens is 2. The maximum atomic E-state index is 15.1.